The zero-order chi connectivity index (χ0) is 20.8. The highest BCUT2D eigenvalue weighted by molar-refractivity contribution is 6.39. The zero-order valence-electron chi connectivity index (χ0n) is 16.8. The molecule has 1 heterocycles. The van der Waals surface area contributed by atoms with Gasteiger partial charge in [0.25, 0.3) is 0 Å². The molecule has 29 heavy (non-hydrogen) atoms. The van der Waals surface area contributed by atoms with Gasteiger partial charge in [0.05, 0.1) is 6.04 Å². The van der Waals surface area contributed by atoms with Gasteiger partial charge < -0.3 is 15.5 Å². The SMILES string of the molecule is CN(C)c1ccc(C(CNC(=O)C(=O)Nc2cccc(Cl)c2)N2CCCC2)cc1. The molecular formula is C22H27ClN4O2. The van der Waals surface area contributed by atoms with E-state index >= 15 is 0 Å². The highest BCUT2D eigenvalue weighted by atomic mass is 35.5. The van der Waals surface area contributed by atoms with Gasteiger partial charge in [-0.25, -0.2) is 0 Å². The molecule has 1 aliphatic rings. The van der Waals surface area contributed by atoms with Crippen molar-refractivity contribution < 1.29 is 9.59 Å². The van der Waals surface area contributed by atoms with Gasteiger partial charge in [0.1, 0.15) is 0 Å². The van der Waals surface area contributed by atoms with Crippen molar-refractivity contribution in [1.82, 2.24) is 10.2 Å². The number of nitrogens with zero attached hydrogens (tertiary/aromatic N) is 2. The molecule has 0 saturated carbocycles. The lowest BCUT2D eigenvalue weighted by molar-refractivity contribution is -0.136. The van der Waals surface area contributed by atoms with E-state index in [1.165, 1.54) is 0 Å². The number of anilines is 2. The Balaban J connectivity index is 1.64. The van der Waals surface area contributed by atoms with E-state index in [4.69, 9.17) is 11.6 Å². The molecule has 0 radical (unpaired) electrons. The Kier molecular flexibility index (Phi) is 7.12. The van der Waals surface area contributed by atoms with Gasteiger partial charge in [-0.15, -0.1) is 0 Å². The Morgan fingerprint density at radius 1 is 1.07 bits per heavy atom. The molecule has 0 bridgehead atoms. The van der Waals surface area contributed by atoms with Gasteiger partial charge in [-0.1, -0.05) is 29.8 Å². The molecule has 7 heteroatoms. The number of halogens is 1. The average Bonchev–Trinajstić information content (AvgIpc) is 3.23. The summed E-state index contributed by atoms with van der Waals surface area (Å²) in [4.78, 5) is 29.0. The van der Waals surface area contributed by atoms with E-state index < -0.39 is 11.8 Å². The molecule has 1 unspecified atom stereocenters. The molecule has 1 aliphatic heterocycles. The smallest absolute Gasteiger partial charge is 0.313 e. The van der Waals surface area contributed by atoms with E-state index in [2.05, 4.69) is 44.7 Å². The quantitative estimate of drug-likeness (QED) is 0.712. The number of hydrogen-bond acceptors (Lipinski definition) is 4. The topological polar surface area (TPSA) is 64.7 Å². The first-order chi connectivity index (χ1) is 13.9. The molecule has 2 amide bonds. The van der Waals surface area contributed by atoms with Gasteiger partial charge >= 0.3 is 11.8 Å². The second kappa shape index (κ2) is 9.76. The summed E-state index contributed by atoms with van der Waals surface area (Å²) in [5.74, 6) is -1.35. The van der Waals surface area contributed by atoms with Crippen molar-refractivity contribution in [3.63, 3.8) is 0 Å². The van der Waals surface area contributed by atoms with Crippen molar-refractivity contribution in [2.24, 2.45) is 0 Å². The molecule has 0 aromatic heterocycles. The summed E-state index contributed by atoms with van der Waals surface area (Å²) in [6.45, 7) is 2.36. The molecule has 1 atom stereocenters. The number of likely N-dealkylation sites (tertiary alicyclic amines) is 1. The normalized spacial score (nSPS) is 15.0. The van der Waals surface area contributed by atoms with Gasteiger partial charge in [0, 0.05) is 37.0 Å². The third-order valence-electron chi connectivity index (χ3n) is 5.12. The van der Waals surface area contributed by atoms with Gasteiger partial charge in [-0.05, 0) is 61.8 Å². The van der Waals surface area contributed by atoms with Crippen LogP contribution in [0.3, 0.4) is 0 Å². The molecule has 2 aromatic rings. The van der Waals surface area contributed by atoms with Gasteiger partial charge in [-0.2, -0.15) is 0 Å². The van der Waals surface area contributed by atoms with Crippen LogP contribution in [0.25, 0.3) is 0 Å². The van der Waals surface area contributed by atoms with E-state index in [9.17, 15) is 9.59 Å². The van der Waals surface area contributed by atoms with Crippen molar-refractivity contribution in [2.45, 2.75) is 18.9 Å². The number of carbonyl (C=O) groups is 2. The van der Waals surface area contributed by atoms with E-state index in [1.54, 1.807) is 24.3 Å². The molecule has 0 spiro atoms. The molecule has 1 fully saturated rings. The van der Waals surface area contributed by atoms with Gasteiger partial charge in [-0.3, -0.25) is 14.5 Å². The van der Waals surface area contributed by atoms with Crippen LogP contribution < -0.4 is 15.5 Å². The van der Waals surface area contributed by atoms with E-state index in [0.29, 0.717) is 17.3 Å². The summed E-state index contributed by atoms with van der Waals surface area (Å²) >= 11 is 5.92. The highest BCUT2D eigenvalue weighted by Crippen LogP contribution is 2.26. The number of carbonyl (C=O) groups excluding carboxylic acids is 2. The zero-order valence-corrected chi connectivity index (χ0v) is 17.6. The van der Waals surface area contributed by atoms with E-state index in [0.717, 1.165) is 37.2 Å². The molecule has 6 nitrogen and oxygen atoms in total. The predicted octanol–water partition coefficient (Wildman–Crippen LogP) is 3.30. The van der Waals surface area contributed by atoms with Crippen LogP contribution in [-0.2, 0) is 9.59 Å². The molecule has 3 rings (SSSR count). The van der Waals surface area contributed by atoms with E-state index in [-0.39, 0.29) is 6.04 Å². The summed E-state index contributed by atoms with van der Waals surface area (Å²) in [5, 5.41) is 5.87. The maximum Gasteiger partial charge on any atom is 0.313 e. The first kappa shape index (κ1) is 21.1. The third-order valence-corrected chi connectivity index (χ3v) is 5.36. The van der Waals surface area contributed by atoms with Crippen LogP contribution >= 0.6 is 11.6 Å². The Morgan fingerprint density at radius 2 is 1.76 bits per heavy atom. The van der Waals surface area contributed by atoms with Crippen molar-refractivity contribution in [1.29, 1.82) is 0 Å². The first-order valence-electron chi connectivity index (χ1n) is 9.80. The minimum absolute atomic E-state index is 0.0385. The Morgan fingerprint density at radius 3 is 2.38 bits per heavy atom. The minimum Gasteiger partial charge on any atom is -0.378 e. The monoisotopic (exact) mass is 414 g/mol. The molecule has 0 aliphatic carbocycles. The lowest BCUT2D eigenvalue weighted by Crippen LogP contribution is -2.41. The number of rotatable bonds is 6. The number of hydrogen-bond donors (Lipinski definition) is 2. The minimum atomic E-state index is -0.699. The maximum absolute atomic E-state index is 12.3. The van der Waals surface area contributed by atoms with Crippen LogP contribution in [0.4, 0.5) is 11.4 Å². The Bertz CT molecular complexity index is 848. The Hall–Kier alpha value is -2.57. The lowest BCUT2D eigenvalue weighted by atomic mass is 10.0. The standard InChI is InChI=1S/C22H27ClN4O2/c1-26(2)19-10-8-16(9-11-19)20(27-12-3-4-13-27)15-24-21(28)22(29)25-18-7-5-6-17(23)14-18/h5-11,14,20H,3-4,12-13,15H2,1-2H3,(H,24,28)(H,25,29). The van der Waals surface area contributed by atoms with Crippen molar-refractivity contribution in [3.05, 3.63) is 59.1 Å². The summed E-state index contributed by atoms with van der Waals surface area (Å²) in [7, 11) is 4.01. The van der Waals surface area contributed by atoms with Crippen LogP contribution in [0, 0.1) is 0 Å². The predicted molar refractivity (Wildman–Crippen MR) is 117 cm³/mol. The van der Waals surface area contributed by atoms with Gasteiger partial charge in [0.2, 0.25) is 0 Å². The molecule has 1 saturated heterocycles. The second-order valence-electron chi connectivity index (χ2n) is 7.42. The van der Waals surface area contributed by atoms with Crippen LogP contribution in [0.5, 0.6) is 0 Å². The van der Waals surface area contributed by atoms with Crippen LogP contribution in [-0.4, -0.2) is 50.4 Å². The van der Waals surface area contributed by atoms with Crippen molar-refractivity contribution in [3.8, 4) is 0 Å². The third kappa shape index (κ3) is 5.71. The summed E-state index contributed by atoms with van der Waals surface area (Å²) < 4.78 is 0. The first-order valence-corrected chi connectivity index (χ1v) is 10.2. The second-order valence-corrected chi connectivity index (χ2v) is 7.86. The van der Waals surface area contributed by atoms with E-state index in [1.807, 2.05) is 14.1 Å². The summed E-state index contributed by atoms with van der Waals surface area (Å²) in [6.07, 6.45) is 2.30. The Labute approximate surface area is 176 Å². The number of benzene rings is 2. The lowest BCUT2D eigenvalue weighted by Gasteiger charge is -2.28. The van der Waals surface area contributed by atoms with Gasteiger partial charge in [0.15, 0.2) is 0 Å². The molecular weight excluding hydrogens is 388 g/mol. The fourth-order valence-electron chi connectivity index (χ4n) is 3.53. The molecule has 154 valence electrons. The number of amides is 2. The summed E-state index contributed by atoms with van der Waals surface area (Å²) in [6, 6.07) is 15.1. The van der Waals surface area contributed by atoms with Crippen LogP contribution in [0.1, 0.15) is 24.4 Å². The molecule has 2 N–H and O–H groups in total. The van der Waals surface area contributed by atoms with Crippen molar-refractivity contribution in [2.75, 3.05) is 43.9 Å². The number of nitrogens with one attached hydrogen (secondary N) is 2. The highest BCUT2D eigenvalue weighted by Gasteiger charge is 2.25. The molecule has 2 aromatic carbocycles. The maximum atomic E-state index is 12.3. The van der Waals surface area contributed by atoms with Crippen LogP contribution in [0.2, 0.25) is 5.02 Å². The largest absolute Gasteiger partial charge is 0.378 e. The van der Waals surface area contributed by atoms with Crippen LogP contribution in [0.15, 0.2) is 48.5 Å². The average molecular weight is 415 g/mol. The fraction of sp³-hybridized carbons (Fsp3) is 0.364. The fourth-order valence-corrected chi connectivity index (χ4v) is 3.72. The van der Waals surface area contributed by atoms with Crippen molar-refractivity contribution >= 4 is 34.8 Å². The summed E-state index contributed by atoms with van der Waals surface area (Å²) in [5.41, 5.74) is 2.75.